The van der Waals surface area contributed by atoms with E-state index in [-0.39, 0.29) is 5.91 Å². The van der Waals surface area contributed by atoms with E-state index in [1.54, 1.807) is 0 Å². The Balaban J connectivity index is 1.99. The number of fused-ring (bicyclic) bond motifs is 1. The fourth-order valence-corrected chi connectivity index (χ4v) is 3.62. The van der Waals surface area contributed by atoms with Gasteiger partial charge in [0, 0.05) is 24.0 Å². The van der Waals surface area contributed by atoms with Crippen LogP contribution in [0.2, 0.25) is 0 Å². The summed E-state index contributed by atoms with van der Waals surface area (Å²) < 4.78 is 5.87. The lowest BCUT2D eigenvalue weighted by Gasteiger charge is -2.22. The second-order valence-electron chi connectivity index (χ2n) is 7.74. The lowest BCUT2D eigenvalue weighted by molar-refractivity contribution is 0.0975. The number of amides is 1. The van der Waals surface area contributed by atoms with Gasteiger partial charge in [0.05, 0.1) is 23.4 Å². The third-order valence-electron chi connectivity index (χ3n) is 4.95. The maximum Gasteiger partial charge on any atom is 0.258 e. The van der Waals surface area contributed by atoms with Crippen molar-refractivity contribution < 1.29 is 9.53 Å². The maximum atomic E-state index is 13.2. The third kappa shape index (κ3) is 5.58. The first-order chi connectivity index (χ1) is 14.9. The highest BCUT2D eigenvalue weighted by atomic mass is 32.1. The van der Waals surface area contributed by atoms with Crippen LogP contribution in [0.1, 0.15) is 38.1 Å². The molecule has 162 valence electrons. The number of thiocarbonyl (C=S) groups is 1. The Bertz CT molecular complexity index is 1080. The van der Waals surface area contributed by atoms with Crippen LogP contribution in [-0.4, -0.2) is 40.6 Å². The summed E-state index contributed by atoms with van der Waals surface area (Å²) in [6.07, 6.45) is 0. The zero-order valence-electron chi connectivity index (χ0n) is 18.5. The van der Waals surface area contributed by atoms with Crippen LogP contribution >= 0.6 is 12.2 Å². The second kappa shape index (κ2) is 10.4. The quantitative estimate of drug-likeness (QED) is 0.511. The van der Waals surface area contributed by atoms with E-state index >= 15 is 0 Å². The van der Waals surface area contributed by atoms with Gasteiger partial charge in [0.2, 0.25) is 0 Å². The number of hydrogen-bond donors (Lipinski definition) is 1. The van der Waals surface area contributed by atoms with Crippen LogP contribution in [0.3, 0.4) is 0 Å². The van der Waals surface area contributed by atoms with Gasteiger partial charge >= 0.3 is 0 Å². The molecule has 0 aliphatic carbocycles. The number of nitrogens with one attached hydrogen (secondary N) is 1. The molecule has 0 unspecified atom stereocenters. The van der Waals surface area contributed by atoms with E-state index in [1.807, 2.05) is 73.3 Å². The van der Waals surface area contributed by atoms with Gasteiger partial charge in [0.15, 0.2) is 5.11 Å². The van der Waals surface area contributed by atoms with Crippen molar-refractivity contribution in [3.8, 4) is 17.0 Å². The molecule has 31 heavy (non-hydrogen) atoms. The van der Waals surface area contributed by atoms with Gasteiger partial charge in [0.1, 0.15) is 5.75 Å². The maximum absolute atomic E-state index is 13.2. The molecule has 0 radical (unpaired) electrons. The average Bonchev–Trinajstić information content (AvgIpc) is 2.78. The van der Waals surface area contributed by atoms with Gasteiger partial charge in [-0.3, -0.25) is 10.1 Å². The van der Waals surface area contributed by atoms with E-state index in [0.29, 0.717) is 28.9 Å². The summed E-state index contributed by atoms with van der Waals surface area (Å²) in [6, 6.07) is 17.3. The number of nitrogens with zero attached hydrogens (tertiary/aromatic N) is 2. The van der Waals surface area contributed by atoms with Gasteiger partial charge in [-0.25, -0.2) is 4.98 Å². The summed E-state index contributed by atoms with van der Waals surface area (Å²) in [5.74, 6) is 0.992. The number of para-hydroxylation sites is 1. The first-order valence-electron chi connectivity index (χ1n) is 10.7. The Labute approximate surface area is 189 Å². The van der Waals surface area contributed by atoms with Crippen molar-refractivity contribution in [2.75, 3.05) is 19.7 Å². The smallest absolute Gasteiger partial charge is 0.258 e. The summed E-state index contributed by atoms with van der Waals surface area (Å²) in [7, 11) is 0. The van der Waals surface area contributed by atoms with Crippen LogP contribution in [0.4, 0.5) is 0 Å². The molecule has 0 atom stereocenters. The minimum Gasteiger partial charge on any atom is -0.493 e. The van der Waals surface area contributed by atoms with Gasteiger partial charge < -0.3 is 9.64 Å². The minimum atomic E-state index is -0.232. The molecule has 0 spiro atoms. The molecule has 3 aromatic rings. The SMILES string of the molecule is CCN(CC)C(=S)NC(=O)c1cc(-c2cccc(OCC(C)C)c2)nc2ccccc12. The van der Waals surface area contributed by atoms with Crippen LogP contribution in [0.5, 0.6) is 5.75 Å². The van der Waals surface area contributed by atoms with Crippen molar-refractivity contribution in [3.05, 3.63) is 60.2 Å². The van der Waals surface area contributed by atoms with Gasteiger partial charge in [-0.2, -0.15) is 0 Å². The predicted molar refractivity (Wildman–Crippen MR) is 130 cm³/mol. The molecule has 1 heterocycles. The number of hydrogen-bond acceptors (Lipinski definition) is 4. The third-order valence-corrected chi connectivity index (χ3v) is 5.31. The number of carbonyl (C=O) groups excluding carboxylic acids is 1. The lowest BCUT2D eigenvalue weighted by atomic mass is 10.0. The fourth-order valence-electron chi connectivity index (χ4n) is 3.27. The summed E-state index contributed by atoms with van der Waals surface area (Å²) in [5.41, 5.74) is 2.91. The Hall–Kier alpha value is -2.99. The Morgan fingerprint density at radius 1 is 1.10 bits per heavy atom. The van der Waals surface area contributed by atoms with Crippen LogP contribution in [0, 0.1) is 5.92 Å². The highest BCUT2D eigenvalue weighted by Crippen LogP contribution is 2.27. The van der Waals surface area contributed by atoms with Gasteiger partial charge in [0.25, 0.3) is 5.91 Å². The van der Waals surface area contributed by atoms with Gasteiger partial charge in [-0.15, -0.1) is 0 Å². The molecule has 6 heteroatoms. The minimum absolute atomic E-state index is 0.232. The van der Waals surface area contributed by atoms with Crippen molar-refractivity contribution >= 4 is 34.1 Å². The molecule has 1 amide bonds. The monoisotopic (exact) mass is 435 g/mol. The molecule has 1 aromatic heterocycles. The first kappa shape index (κ1) is 22.7. The number of aromatic nitrogens is 1. The van der Waals surface area contributed by atoms with Crippen molar-refractivity contribution in [1.82, 2.24) is 15.2 Å². The molecule has 0 aliphatic rings. The molecular weight excluding hydrogens is 406 g/mol. The fraction of sp³-hybridized carbons (Fsp3) is 0.320. The van der Waals surface area contributed by atoms with Crippen molar-refractivity contribution in [1.29, 1.82) is 0 Å². The van der Waals surface area contributed by atoms with E-state index < -0.39 is 0 Å². The molecule has 0 saturated carbocycles. The Morgan fingerprint density at radius 2 is 1.84 bits per heavy atom. The molecule has 5 nitrogen and oxygen atoms in total. The molecule has 3 rings (SSSR count). The number of rotatable bonds is 7. The molecule has 1 N–H and O–H groups in total. The summed E-state index contributed by atoms with van der Waals surface area (Å²) in [6.45, 7) is 10.4. The Morgan fingerprint density at radius 3 is 2.55 bits per heavy atom. The number of pyridine rings is 1. The normalized spacial score (nSPS) is 10.9. The van der Waals surface area contributed by atoms with E-state index in [0.717, 1.165) is 35.3 Å². The largest absolute Gasteiger partial charge is 0.493 e. The standard InChI is InChI=1S/C25H29N3O2S/c1-5-28(6-2)25(31)27-24(29)21-15-23(26-22-13-8-7-12-20(21)22)18-10-9-11-19(14-18)30-16-17(3)4/h7-15,17H,5-6,16H2,1-4H3,(H,27,29,31). The number of carbonyl (C=O) groups is 1. The van der Waals surface area contributed by atoms with Crippen LogP contribution in [0.15, 0.2) is 54.6 Å². The topological polar surface area (TPSA) is 54.5 Å². The lowest BCUT2D eigenvalue weighted by Crippen LogP contribution is -2.42. The first-order valence-corrected chi connectivity index (χ1v) is 11.1. The molecule has 0 saturated heterocycles. The second-order valence-corrected chi connectivity index (χ2v) is 8.12. The van der Waals surface area contributed by atoms with Crippen molar-refractivity contribution in [3.63, 3.8) is 0 Å². The van der Waals surface area contributed by atoms with Gasteiger partial charge in [-0.05, 0) is 56.2 Å². The zero-order chi connectivity index (χ0) is 22.4. The van der Waals surface area contributed by atoms with E-state index in [9.17, 15) is 4.79 Å². The summed E-state index contributed by atoms with van der Waals surface area (Å²) in [5, 5.41) is 4.10. The highest BCUT2D eigenvalue weighted by molar-refractivity contribution is 7.80. The highest BCUT2D eigenvalue weighted by Gasteiger charge is 2.17. The predicted octanol–water partition coefficient (Wildman–Crippen LogP) is 5.29. The van der Waals surface area contributed by atoms with Crippen molar-refractivity contribution in [2.45, 2.75) is 27.7 Å². The van der Waals surface area contributed by atoms with E-state index in [1.165, 1.54) is 0 Å². The van der Waals surface area contributed by atoms with E-state index in [4.69, 9.17) is 21.9 Å². The Kier molecular flexibility index (Phi) is 7.58. The van der Waals surface area contributed by atoms with Crippen molar-refractivity contribution in [2.24, 2.45) is 5.92 Å². The van der Waals surface area contributed by atoms with E-state index in [2.05, 4.69) is 19.2 Å². The number of benzene rings is 2. The van der Waals surface area contributed by atoms with Crippen LogP contribution < -0.4 is 10.1 Å². The summed E-state index contributed by atoms with van der Waals surface area (Å²) in [4.78, 5) is 19.9. The molecular formula is C25H29N3O2S. The molecule has 0 fully saturated rings. The van der Waals surface area contributed by atoms with Crippen LogP contribution in [0.25, 0.3) is 22.2 Å². The zero-order valence-corrected chi connectivity index (χ0v) is 19.3. The molecule has 0 aliphatic heterocycles. The van der Waals surface area contributed by atoms with Gasteiger partial charge in [-0.1, -0.05) is 44.2 Å². The summed E-state index contributed by atoms with van der Waals surface area (Å²) >= 11 is 5.43. The van der Waals surface area contributed by atoms with Crippen LogP contribution in [-0.2, 0) is 0 Å². The average molecular weight is 436 g/mol. The molecule has 0 bridgehead atoms. The number of ether oxygens (including phenoxy) is 1. The molecule has 2 aromatic carbocycles.